The van der Waals surface area contributed by atoms with Gasteiger partial charge in [0.2, 0.25) is 5.60 Å². The van der Waals surface area contributed by atoms with E-state index < -0.39 is 94.2 Å². The van der Waals surface area contributed by atoms with E-state index in [2.05, 4.69) is 58.1 Å². The van der Waals surface area contributed by atoms with Crippen LogP contribution < -0.4 is 9.64 Å². The molecule has 6 heterocycles. The van der Waals surface area contributed by atoms with E-state index >= 15 is 4.79 Å². The highest BCUT2D eigenvalue weighted by Gasteiger charge is 2.80. The molecule has 24 heteroatoms. The van der Waals surface area contributed by atoms with E-state index in [1.807, 2.05) is 37.1 Å². The maximum Gasteiger partial charge on any atom is 0.344 e. The largest absolute Gasteiger partial charge is 0.496 e. The number of hydrogen-bond donors (Lipinski definition) is 10. The number of esters is 3. The molecule has 418 valence electrons. The Bertz CT molecular complexity index is 2830. The fourth-order valence-electron chi connectivity index (χ4n) is 13.4. The molecule has 1 saturated carbocycles. The lowest BCUT2D eigenvalue weighted by atomic mass is 9.47. The molecular formula is C53H66N4O20. The van der Waals surface area contributed by atoms with E-state index in [1.54, 1.807) is 7.11 Å². The number of rotatable bonds is 13. The molecular weight excluding hydrogens is 1010 g/mol. The molecule has 3 aromatic rings. The van der Waals surface area contributed by atoms with Gasteiger partial charge >= 0.3 is 41.8 Å². The first-order valence-electron chi connectivity index (χ1n) is 24.9. The van der Waals surface area contributed by atoms with Gasteiger partial charge in [-0.15, -0.1) is 0 Å². The number of para-hydroxylation sites is 1. The molecule has 2 bridgehead atoms. The molecule has 9 rings (SSSR count). The van der Waals surface area contributed by atoms with Gasteiger partial charge in [0, 0.05) is 90.9 Å². The fourth-order valence-corrected chi connectivity index (χ4v) is 13.4. The van der Waals surface area contributed by atoms with Gasteiger partial charge in [-0.05, 0) is 61.4 Å². The molecule has 0 amide bonds. The third-order valence-corrected chi connectivity index (χ3v) is 16.4. The number of fused-ring (bicyclic) bond motifs is 6. The molecule has 5 aliphatic heterocycles. The Morgan fingerprint density at radius 3 is 1.94 bits per heavy atom. The Labute approximate surface area is 441 Å². The molecule has 2 aromatic carbocycles. The number of aromatic amines is 1. The smallest absolute Gasteiger partial charge is 0.344 e. The lowest BCUT2D eigenvalue weighted by Crippen LogP contribution is -2.81. The van der Waals surface area contributed by atoms with Gasteiger partial charge in [-0.3, -0.25) is 19.4 Å². The zero-order valence-corrected chi connectivity index (χ0v) is 43.5. The number of methoxy groups -OCH3 is 3. The summed E-state index contributed by atoms with van der Waals surface area (Å²) < 4.78 is 23.9. The number of aliphatic hydroxyl groups excluding tert-OH is 4. The van der Waals surface area contributed by atoms with Crippen LogP contribution in [0.25, 0.3) is 10.9 Å². The number of carboxylic acids is 4. The van der Waals surface area contributed by atoms with Crippen LogP contribution in [-0.4, -0.2) is 205 Å². The van der Waals surface area contributed by atoms with E-state index in [0.717, 1.165) is 52.9 Å². The van der Waals surface area contributed by atoms with Crippen molar-refractivity contribution in [2.75, 3.05) is 59.5 Å². The van der Waals surface area contributed by atoms with E-state index in [4.69, 9.17) is 59.8 Å². The standard InChI is InChI=1S/C45H54N4O8.2C4H6O6/c1-8-27-19-28-22-44(40(51)55-6,36-30(25-48(23-27)24-28)29-13-10-11-14-33(29)46-36)32-20-31-34(21-35(32)54-5)47(4)38-43(31)16-18-49-17-12-15-42(9-2,37(43)49)39(57-26(3)50)45(38,53)41(52)56-7;2*5-1(3(7)8)2(6)4(9)10/h10-15,19-21,28,37-39,46,53H,8-9,16-18,22-25H2,1-7H3;2*1-2,5-6H,(H,7,8)(H,9,10)/t28?,37-,38+,39+,42+,43+,44+,45-;;/m0../s1. The molecule has 13 atom stereocenters. The SMILES string of the molecule is CCC1=CC2CN(C1)Cc1c([nH]c3ccccc13)[C@](C(=O)OC)(c1cc3c(cc1OC)N(C)[C@H]1[C@@](O)(C(=O)OC)[C@H](OC(C)=O)[C@]4(CC)C=CCN5CC[C@]31[C@@H]54)C2.O=C(O)C(O)C(O)C(=O)O.O=C(O)C(O)C(O)C(=O)O. The molecule has 1 saturated heterocycles. The van der Waals surface area contributed by atoms with Crippen LogP contribution in [0.4, 0.5) is 5.69 Å². The van der Waals surface area contributed by atoms with Crippen LogP contribution in [-0.2, 0) is 65.1 Å². The minimum Gasteiger partial charge on any atom is -0.496 e. The monoisotopic (exact) mass is 1080 g/mol. The highest BCUT2D eigenvalue weighted by Crippen LogP contribution is 2.68. The number of benzene rings is 2. The predicted octanol–water partition coefficient (Wildman–Crippen LogP) is 0.508. The Kier molecular flexibility index (Phi) is 16.4. The molecule has 2 fully saturated rings. The Morgan fingerprint density at radius 2 is 1.40 bits per heavy atom. The van der Waals surface area contributed by atoms with Crippen LogP contribution in [0.15, 0.2) is 60.2 Å². The zero-order valence-electron chi connectivity index (χ0n) is 43.5. The highest BCUT2D eigenvalue weighted by molar-refractivity contribution is 5.95. The molecule has 0 radical (unpaired) electrons. The maximum absolute atomic E-state index is 15.2. The number of ether oxygens (including phenoxy) is 4. The second-order valence-corrected chi connectivity index (χ2v) is 20.3. The summed E-state index contributed by atoms with van der Waals surface area (Å²) in [5.41, 5.74) is 1.05. The van der Waals surface area contributed by atoms with Crippen molar-refractivity contribution < 1.29 is 98.5 Å². The van der Waals surface area contributed by atoms with Gasteiger partial charge in [0.15, 0.2) is 30.5 Å². The summed E-state index contributed by atoms with van der Waals surface area (Å²) in [5.74, 6) is -8.39. The molecule has 77 heavy (non-hydrogen) atoms. The third-order valence-electron chi connectivity index (χ3n) is 16.4. The van der Waals surface area contributed by atoms with E-state index in [9.17, 15) is 33.9 Å². The van der Waals surface area contributed by atoms with Gasteiger partial charge in [-0.1, -0.05) is 55.8 Å². The summed E-state index contributed by atoms with van der Waals surface area (Å²) in [5, 5.41) is 79.4. The number of carboxylic acid groups (broad SMARTS) is 4. The Morgan fingerprint density at radius 1 is 0.805 bits per heavy atom. The Balaban J connectivity index is 0.000000365. The minimum atomic E-state index is -2.27. The molecule has 1 aromatic heterocycles. The number of nitrogens with one attached hydrogen (secondary N) is 1. The number of hydrogen-bond acceptors (Lipinski definition) is 19. The third kappa shape index (κ3) is 9.27. The predicted molar refractivity (Wildman–Crippen MR) is 269 cm³/mol. The van der Waals surface area contributed by atoms with E-state index in [-0.39, 0.29) is 17.9 Å². The van der Waals surface area contributed by atoms with E-state index in [0.29, 0.717) is 50.2 Å². The topological polar surface area (TPSA) is 364 Å². The number of aliphatic carboxylic acids is 4. The number of aliphatic hydroxyl groups is 5. The van der Waals surface area contributed by atoms with Crippen molar-refractivity contribution in [2.24, 2.45) is 11.3 Å². The zero-order chi connectivity index (χ0) is 56.9. The highest BCUT2D eigenvalue weighted by atomic mass is 16.6. The number of anilines is 1. The van der Waals surface area contributed by atoms with Crippen molar-refractivity contribution in [3.05, 3.63) is 82.6 Å². The van der Waals surface area contributed by atoms with Crippen LogP contribution in [0.5, 0.6) is 5.75 Å². The summed E-state index contributed by atoms with van der Waals surface area (Å²) in [6, 6.07) is 11.2. The van der Waals surface area contributed by atoms with Gasteiger partial charge in [-0.25, -0.2) is 24.0 Å². The van der Waals surface area contributed by atoms with Crippen molar-refractivity contribution in [3.8, 4) is 5.75 Å². The average Bonchev–Trinajstić information content (AvgIpc) is 4.06. The van der Waals surface area contributed by atoms with Crippen LogP contribution in [0.2, 0.25) is 0 Å². The van der Waals surface area contributed by atoms with Gasteiger partial charge in [0.1, 0.15) is 11.2 Å². The lowest BCUT2D eigenvalue weighted by Gasteiger charge is -2.63. The van der Waals surface area contributed by atoms with E-state index in [1.165, 1.54) is 26.7 Å². The lowest BCUT2D eigenvalue weighted by molar-refractivity contribution is -0.228. The second-order valence-electron chi connectivity index (χ2n) is 20.3. The number of likely N-dealkylation sites (N-methyl/N-ethyl adjacent to an activating group) is 1. The molecule has 1 aliphatic carbocycles. The van der Waals surface area contributed by atoms with Crippen LogP contribution >= 0.6 is 0 Å². The van der Waals surface area contributed by atoms with Crippen molar-refractivity contribution in [3.63, 3.8) is 0 Å². The van der Waals surface area contributed by atoms with Gasteiger partial charge < -0.3 is 74.8 Å². The summed E-state index contributed by atoms with van der Waals surface area (Å²) in [6.07, 6.45) is -1.39. The summed E-state index contributed by atoms with van der Waals surface area (Å²) in [7, 11) is 6.22. The van der Waals surface area contributed by atoms with Crippen LogP contribution in [0.3, 0.4) is 0 Å². The summed E-state index contributed by atoms with van der Waals surface area (Å²) in [6.45, 7) is 9.19. The quantitative estimate of drug-likeness (QED) is 0.0633. The molecule has 6 unspecified atom stereocenters. The first-order chi connectivity index (χ1) is 36.3. The Hall–Kier alpha value is -6.93. The summed E-state index contributed by atoms with van der Waals surface area (Å²) in [4.78, 5) is 92.2. The molecule has 24 nitrogen and oxygen atoms in total. The molecule has 6 aliphatic rings. The van der Waals surface area contributed by atoms with Crippen molar-refractivity contribution in [1.29, 1.82) is 0 Å². The number of carbonyl (C=O) groups excluding carboxylic acids is 3. The van der Waals surface area contributed by atoms with Gasteiger partial charge in [-0.2, -0.15) is 0 Å². The molecule has 1 spiro atoms. The first kappa shape index (κ1) is 57.8. The normalized spacial score (nSPS) is 29.9. The van der Waals surface area contributed by atoms with Crippen molar-refractivity contribution in [2.45, 2.75) is 112 Å². The maximum atomic E-state index is 15.2. The van der Waals surface area contributed by atoms with Crippen LogP contribution in [0, 0.1) is 11.3 Å². The summed E-state index contributed by atoms with van der Waals surface area (Å²) >= 11 is 0. The first-order valence-corrected chi connectivity index (χ1v) is 24.9. The number of nitrogens with zero attached hydrogens (tertiary/aromatic N) is 3. The van der Waals surface area contributed by atoms with Crippen molar-refractivity contribution >= 4 is 58.4 Å². The molecule has 10 N–H and O–H groups in total. The number of carbonyl (C=O) groups is 7. The average molecular weight is 1080 g/mol. The van der Waals surface area contributed by atoms with Gasteiger partial charge in [0.25, 0.3) is 0 Å². The fraction of sp³-hybridized carbons (Fsp3) is 0.528. The number of aromatic nitrogens is 1. The van der Waals surface area contributed by atoms with Gasteiger partial charge in [0.05, 0.1) is 27.4 Å². The van der Waals surface area contributed by atoms with Crippen molar-refractivity contribution in [1.82, 2.24) is 14.8 Å². The minimum absolute atomic E-state index is 0.0284. The second kappa shape index (κ2) is 21.8. The number of H-pyrrole nitrogens is 1. The van der Waals surface area contributed by atoms with Crippen LogP contribution in [0.1, 0.15) is 68.8 Å².